The number of aryl methyl sites for hydroxylation is 1. The molecule has 1 aliphatic heterocycles. The van der Waals surface area contributed by atoms with E-state index in [1.807, 2.05) is 6.92 Å². The average molecular weight is 311 g/mol. The highest BCUT2D eigenvalue weighted by Crippen LogP contribution is 2.15. The molecule has 0 aliphatic carbocycles. The minimum atomic E-state index is -3.67. The molecule has 3 N–H and O–H groups in total. The Balaban J connectivity index is 2.04. The molecule has 2 rings (SSSR count). The Morgan fingerprint density at radius 1 is 1.33 bits per heavy atom. The van der Waals surface area contributed by atoms with Gasteiger partial charge in [-0.05, 0) is 43.0 Å². The Bertz CT molecular complexity index is 622. The third-order valence-corrected chi connectivity index (χ3v) is 5.12. The number of rotatable bonds is 5. The molecule has 1 fully saturated rings. The number of carbonyl (C=O) groups is 1. The van der Waals surface area contributed by atoms with E-state index in [4.69, 9.17) is 5.73 Å². The van der Waals surface area contributed by atoms with Gasteiger partial charge < -0.3 is 10.6 Å². The van der Waals surface area contributed by atoms with Crippen LogP contribution in [0.5, 0.6) is 0 Å². The van der Waals surface area contributed by atoms with Crippen LogP contribution in [0.25, 0.3) is 0 Å². The molecule has 1 heterocycles. The topological polar surface area (TPSA) is 92.5 Å². The summed E-state index contributed by atoms with van der Waals surface area (Å²) in [4.78, 5) is 13.7. The number of carbonyl (C=O) groups excluding carboxylic acids is 1. The molecule has 116 valence electrons. The summed E-state index contributed by atoms with van der Waals surface area (Å²) >= 11 is 0. The maximum absolute atomic E-state index is 12.2. The summed E-state index contributed by atoms with van der Waals surface area (Å²) in [6.07, 6.45) is 1.97. The predicted octanol–water partition coefficient (Wildman–Crippen LogP) is 0.354. The normalized spacial score (nSPS) is 15.4. The van der Waals surface area contributed by atoms with Crippen LogP contribution in [-0.4, -0.2) is 38.9 Å². The maximum Gasteiger partial charge on any atom is 0.241 e. The minimum Gasteiger partial charge on any atom is -0.342 e. The summed E-state index contributed by atoms with van der Waals surface area (Å²) in [6.45, 7) is 3.42. The molecule has 0 unspecified atom stereocenters. The molecule has 0 radical (unpaired) electrons. The van der Waals surface area contributed by atoms with Crippen LogP contribution >= 0.6 is 0 Å². The second-order valence-corrected chi connectivity index (χ2v) is 6.97. The Kier molecular flexibility index (Phi) is 4.97. The molecule has 1 amide bonds. The van der Waals surface area contributed by atoms with Gasteiger partial charge in [0.25, 0.3) is 0 Å². The lowest BCUT2D eigenvalue weighted by Crippen LogP contribution is -2.38. The van der Waals surface area contributed by atoms with E-state index in [0.29, 0.717) is 19.6 Å². The van der Waals surface area contributed by atoms with Gasteiger partial charge in [-0.2, -0.15) is 0 Å². The number of amides is 1. The molecule has 1 aromatic rings. The molecule has 0 atom stereocenters. The molecule has 1 aromatic carbocycles. The number of hydrogen-bond acceptors (Lipinski definition) is 4. The van der Waals surface area contributed by atoms with Crippen molar-refractivity contribution >= 4 is 15.9 Å². The van der Waals surface area contributed by atoms with Crippen LogP contribution in [0.4, 0.5) is 0 Å². The standard InChI is InChI=1S/C14H21N3O3S/c1-11-8-13(5-4-12(11)9-15)21(19,20)16-10-14(18)17-6-2-3-7-17/h4-5,8,16H,2-3,6-7,9-10,15H2,1H3. The summed E-state index contributed by atoms with van der Waals surface area (Å²) in [5, 5.41) is 0. The summed E-state index contributed by atoms with van der Waals surface area (Å²) in [5.74, 6) is -0.175. The predicted molar refractivity (Wildman–Crippen MR) is 80.1 cm³/mol. The monoisotopic (exact) mass is 311 g/mol. The zero-order valence-corrected chi connectivity index (χ0v) is 12.9. The third-order valence-electron chi connectivity index (χ3n) is 3.72. The van der Waals surface area contributed by atoms with Crippen LogP contribution in [-0.2, 0) is 21.4 Å². The van der Waals surface area contributed by atoms with Gasteiger partial charge in [-0.1, -0.05) is 6.07 Å². The Morgan fingerprint density at radius 3 is 2.57 bits per heavy atom. The highest BCUT2D eigenvalue weighted by Gasteiger charge is 2.21. The average Bonchev–Trinajstić information content (AvgIpc) is 2.99. The number of nitrogens with one attached hydrogen (secondary N) is 1. The molecule has 1 saturated heterocycles. The van der Waals surface area contributed by atoms with E-state index in [1.54, 1.807) is 17.0 Å². The molecular formula is C14H21N3O3S. The molecule has 0 aromatic heterocycles. The molecule has 0 saturated carbocycles. The fourth-order valence-electron chi connectivity index (χ4n) is 2.38. The van der Waals surface area contributed by atoms with Crippen molar-refractivity contribution < 1.29 is 13.2 Å². The highest BCUT2D eigenvalue weighted by atomic mass is 32.2. The van der Waals surface area contributed by atoms with Gasteiger partial charge in [0.05, 0.1) is 11.4 Å². The van der Waals surface area contributed by atoms with E-state index in [1.165, 1.54) is 6.07 Å². The van der Waals surface area contributed by atoms with E-state index in [-0.39, 0.29) is 17.3 Å². The smallest absolute Gasteiger partial charge is 0.241 e. The van der Waals surface area contributed by atoms with Gasteiger partial charge in [0.1, 0.15) is 0 Å². The lowest BCUT2D eigenvalue weighted by Gasteiger charge is -2.15. The summed E-state index contributed by atoms with van der Waals surface area (Å²) in [5.41, 5.74) is 7.29. The van der Waals surface area contributed by atoms with Crippen LogP contribution in [0.3, 0.4) is 0 Å². The first-order valence-electron chi connectivity index (χ1n) is 7.01. The van der Waals surface area contributed by atoms with E-state index in [9.17, 15) is 13.2 Å². The highest BCUT2D eigenvalue weighted by molar-refractivity contribution is 7.89. The quantitative estimate of drug-likeness (QED) is 0.821. The van der Waals surface area contributed by atoms with Gasteiger partial charge in [0.15, 0.2) is 0 Å². The molecule has 6 nitrogen and oxygen atoms in total. The molecular weight excluding hydrogens is 290 g/mol. The first kappa shape index (κ1) is 15.9. The Labute approximate surface area is 125 Å². The fourth-order valence-corrected chi connectivity index (χ4v) is 3.44. The van der Waals surface area contributed by atoms with E-state index in [2.05, 4.69) is 4.72 Å². The zero-order chi connectivity index (χ0) is 15.5. The van der Waals surface area contributed by atoms with Gasteiger partial charge in [-0.25, -0.2) is 13.1 Å². The van der Waals surface area contributed by atoms with E-state index in [0.717, 1.165) is 24.0 Å². The van der Waals surface area contributed by atoms with Crippen molar-refractivity contribution in [1.82, 2.24) is 9.62 Å². The third kappa shape index (κ3) is 3.81. The maximum atomic E-state index is 12.2. The lowest BCUT2D eigenvalue weighted by atomic mass is 10.1. The van der Waals surface area contributed by atoms with Crippen molar-refractivity contribution in [3.05, 3.63) is 29.3 Å². The van der Waals surface area contributed by atoms with Crippen molar-refractivity contribution in [2.24, 2.45) is 5.73 Å². The Morgan fingerprint density at radius 2 is 2.00 bits per heavy atom. The number of nitrogens with two attached hydrogens (primary N) is 1. The van der Waals surface area contributed by atoms with Crippen LogP contribution in [0.15, 0.2) is 23.1 Å². The van der Waals surface area contributed by atoms with Crippen LogP contribution < -0.4 is 10.5 Å². The van der Waals surface area contributed by atoms with Crippen LogP contribution in [0.2, 0.25) is 0 Å². The minimum absolute atomic E-state index is 0.159. The van der Waals surface area contributed by atoms with Crippen LogP contribution in [0.1, 0.15) is 24.0 Å². The number of benzene rings is 1. The molecule has 7 heteroatoms. The Hall–Kier alpha value is -1.44. The van der Waals surface area contributed by atoms with E-state index < -0.39 is 10.0 Å². The number of hydrogen-bond donors (Lipinski definition) is 2. The lowest BCUT2D eigenvalue weighted by molar-refractivity contribution is -0.128. The van der Waals surface area contributed by atoms with Gasteiger partial charge in [0.2, 0.25) is 15.9 Å². The summed E-state index contributed by atoms with van der Waals surface area (Å²) in [6, 6.07) is 4.79. The van der Waals surface area contributed by atoms with Crippen molar-refractivity contribution in [1.29, 1.82) is 0 Å². The fraction of sp³-hybridized carbons (Fsp3) is 0.500. The second-order valence-electron chi connectivity index (χ2n) is 5.20. The first-order valence-corrected chi connectivity index (χ1v) is 8.49. The van der Waals surface area contributed by atoms with Gasteiger partial charge in [-0.3, -0.25) is 4.79 Å². The van der Waals surface area contributed by atoms with Crippen molar-refractivity contribution in [2.45, 2.75) is 31.2 Å². The van der Waals surface area contributed by atoms with Crippen molar-refractivity contribution in [2.75, 3.05) is 19.6 Å². The van der Waals surface area contributed by atoms with Gasteiger partial charge >= 0.3 is 0 Å². The summed E-state index contributed by atoms with van der Waals surface area (Å²) in [7, 11) is -3.67. The van der Waals surface area contributed by atoms with Crippen molar-refractivity contribution in [3.63, 3.8) is 0 Å². The second kappa shape index (κ2) is 6.55. The molecule has 21 heavy (non-hydrogen) atoms. The van der Waals surface area contributed by atoms with Gasteiger partial charge in [0, 0.05) is 19.6 Å². The largest absolute Gasteiger partial charge is 0.342 e. The molecule has 1 aliphatic rings. The summed E-state index contributed by atoms with van der Waals surface area (Å²) < 4.78 is 26.7. The molecule has 0 bridgehead atoms. The zero-order valence-electron chi connectivity index (χ0n) is 12.1. The SMILES string of the molecule is Cc1cc(S(=O)(=O)NCC(=O)N2CCCC2)ccc1CN. The number of nitrogens with zero attached hydrogens (tertiary/aromatic N) is 1. The number of sulfonamides is 1. The van der Waals surface area contributed by atoms with Gasteiger partial charge in [-0.15, -0.1) is 0 Å². The first-order chi connectivity index (χ1) is 9.94. The van der Waals surface area contributed by atoms with Crippen LogP contribution in [0, 0.1) is 6.92 Å². The molecule has 0 spiro atoms. The van der Waals surface area contributed by atoms with E-state index >= 15 is 0 Å². The van der Waals surface area contributed by atoms with Crippen molar-refractivity contribution in [3.8, 4) is 0 Å². The number of likely N-dealkylation sites (tertiary alicyclic amines) is 1.